The Morgan fingerprint density at radius 1 is 1.33 bits per heavy atom. The third-order valence-electron chi connectivity index (χ3n) is 2.62. The fraction of sp³-hybridized carbons (Fsp3) is 0.167. The zero-order valence-electron chi connectivity index (χ0n) is 9.51. The van der Waals surface area contributed by atoms with E-state index in [2.05, 4.69) is 21.4 Å². The molecule has 3 N–H and O–H groups in total. The van der Waals surface area contributed by atoms with Crippen LogP contribution >= 0.6 is 27.3 Å². The normalized spacial score (nSPS) is 12.7. The van der Waals surface area contributed by atoms with Gasteiger partial charge in [-0.1, -0.05) is 6.07 Å². The maximum absolute atomic E-state index is 13.7. The molecule has 0 aliphatic heterocycles. The fourth-order valence-corrected chi connectivity index (χ4v) is 3.36. The topological polar surface area (TPSA) is 38.0 Å². The second kappa shape index (κ2) is 5.44. The van der Waals surface area contributed by atoms with E-state index in [1.165, 1.54) is 29.5 Å². The van der Waals surface area contributed by atoms with Crippen molar-refractivity contribution in [1.82, 2.24) is 5.43 Å². The third kappa shape index (κ3) is 2.47. The first-order valence-electron chi connectivity index (χ1n) is 5.20. The molecule has 2 rings (SSSR count). The Labute approximate surface area is 116 Å². The summed E-state index contributed by atoms with van der Waals surface area (Å²) in [5.74, 6) is 4.22. The van der Waals surface area contributed by atoms with Gasteiger partial charge in [-0.05, 0) is 46.6 Å². The third-order valence-corrected chi connectivity index (χ3v) is 4.82. The van der Waals surface area contributed by atoms with Crippen molar-refractivity contribution in [2.24, 2.45) is 5.84 Å². The van der Waals surface area contributed by atoms with E-state index in [4.69, 9.17) is 5.84 Å². The summed E-state index contributed by atoms with van der Waals surface area (Å²) in [6.45, 7) is 1.91. The van der Waals surface area contributed by atoms with Crippen LogP contribution < -0.4 is 11.3 Å². The van der Waals surface area contributed by atoms with Crippen molar-refractivity contribution in [3.8, 4) is 0 Å². The predicted molar refractivity (Wildman–Crippen MR) is 72.3 cm³/mol. The van der Waals surface area contributed by atoms with Gasteiger partial charge in [-0.3, -0.25) is 5.84 Å². The Morgan fingerprint density at radius 2 is 1.94 bits per heavy atom. The molecule has 0 saturated heterocycles. The predicted octanol–water partition coefficient (Wildman–Crippen LogP) is 3.65. The summed E-state index contributed by atoms with van der Waals surface area (Å²) in [6.07, 6.45) is 0. The summed E-state index contributed by atoms with van der Waals surface area (Å²) < 4.78 is 28.4. The molecule has 0 fully saturated rings. The molecule has 18 heavy (non-hydrogen) atoms. The van der Waals surface area contributed by atoms with E-state index in [0.717, 1.165) is 14.2 Å². The molecule has 96 valence electrons. The highest BCUT2D eigenvalue weighted by molar-refractivity contribution is 9.11. The number of hydrogen-bond acceptors (Lipinski definition) is 3. The van der Waals surface area contributed by atoms with Crippen LogP contribution in [0.4, 0.5) is 8.78 Å². The molecule has 0 radical (unpaired) electrons. The zero-order valence-corrected chi connectivity index (χ0v) is 11.9. The highest BCUT2D eigenvalue weighted by Crippen LogP contribution is 2.35. The van der Waals surface area contributed by atoms with Crippen molar-refractivity contribution in [3.63, 3.8) is 0 Å². The first-order chi connectivity index (χ1) is 8.54. The van der Waals surface area contributed by atoms with Gasteiger partial charge in [-0.2, -0.15) is 0 Å². The SMILES string of the molecule is Cc1cc(C(NN)c2c(F)cccc2F)sc1Br. The molecule has 2 nitrogen and oxygen atoms in total. The molecule has 0 aliphatic carbocycles. The van der Waals surface area contributed by atoms with Crippen molar-refractivity contribution >= 4 is 27.3 Å². The lowest BCUT2D eigenvalue weighted by Gasteiger charge is -2.16. The number of hydrogen-bond donors (Lipinski definition) is 2. The number of thiophene rings is 1. The molecule has 1 atom stereocenters. The van der Waals surface area contributed by atoms with Crippen LogP contribution in [0.2, 0.25) is 0 Å². The molecule has 6 heteroatoms. The number of rotatable bonds is 3. The van der Waals surface area contributed by atoms with E-state index in [9.17, 15) is 8.78 Å². The van der Waals surface area contributed by atoms with Crippen LogP contribution in [-0.2, 0) is 0 Å². The number of nitrogens with two attached hydrogens (primary N) is 1. The van der Waals surface area contributed by atoms with Gasteiger partial charge < -0.3 is 0 Å². The minimum Gasteiger partial charge on any atom is -0.271 e. The van der Waals surface area contributed by atoms with Gasteiger partial charge in [0.25, 0.3) is 0 Å². The van der Waals surface area contributed by atoms with Gasteiger partial charge in [-0.25, -0.2) is 14.2 Å². The molecule has 1 aromatic carbocycles. The molecule has 0 spiro atoms. The van der Waals surface area contributed by atoms with Crippen LogP contribution in [0.1, 0.15) is 22.0 Å². The number of nitrogens with one attached hydrogen (secondary N) is 1. The molecule has 1 aromatic heterocycles. The lowest BCUT2D eigenvalue weighted by molar-refractivity contribution is 0.513. The van der Waals surface area contributed by atoms with Crippen LogP contribution in [0.5, 0.6) is 0 Å². The monoisotopic (exact) mass is 332 g/mol. The Morgan fingerprint density at radius 3 is 2.39 bits per heavy atom. The van der Waals surface area contributed by atoms with Crippen molar-refractivity contribution in [1.29, 1.82) is 0 Å². The van der Waals surface area contributed by atoms with Gasteiger partial charge in [-0.15, -0.1) is 11.3 Å². The Hall–Kier alpha value is -0.820. The Balaban J connectivity index is 2.52. The molecule has 1 heterocycles. The number of halogens is 3. The van der Waals surface area contributed by atoms with E-state index in [-0.39, 0.29) is 5.56 Å². The van der Waals surface area contributed by atoms with Crippen molar-refractivity contribution in [2.75, 3.05) is 0 Å². The maximum atomic E-state index is 13.7. The van der Waals surface area contributed by atoms with E-state index in [0.29, 0.717) is 0 Å². The highest BCUT2D eigenvalue weighted by Gasteiger charge is 2.22. The highest BCUT2D eigenvalue weighted by atomic mass is 79.9. The zero-order chi connectivity index (χ0) is 13.3. The van der Waals surface area contributed by atoms with Crippen LogP contribution in [-0.4, -0.2) is 0 Å². The second-order valence-corrected chi connectivity index (χ2v) is 6.24. The summed E-state index contributed by atoms with van der Waals surface area (Å²) in [4.78, 5) is 0.755. The number of benzene rings is 1. The molecule has 0 aliphatic rings. The summed E-state index contributed by atoms with van der Waals surface area (Å²) in [5, 5.41) is 0. The van der Waals surface area contributed by atoms with Crippen molar-refractivity contribution < 1.29 is 8.78 Å². The van der Waals surface area contributed by atoms with Gasteiger partial charge in [0.15, 0.2) is 0 Å². The first kappa shape index (κ1) is 13.6. The lowest BCUT2D eigenvalue weighted by Crippen LogP contribution is -2.29. The van der Waals surface area contributed by atoms with Gasteiger partial charge in [0.1, 0.15) is 11.6 Å². The standard InChI is InChI=1S/C12H11BrF2N2S/c1-6-5-9(18-12(6)13)11(17-16)10-7(14)3-2-4-8(10)15/h2-5,11,17H,16H2,1H3. The average molecular weight is 333 g/mol. The molecule has 0 amide bonds. The first-order valence-corrected chi connectivity index (χ1v) is 6.81. The van der Waals surface area contributed by atoms with E-state index >= 15 is 0 Å². The quantitative estimate of drug-likeness (QED) is 0.665. The Kier molecular flexibility index (Phi) is 4.11. The molecular weight excluding hydrogens is 322 g/mol. The molecule has 0 saturated carbocycles. The number of hydrazine groups is 1. The summed E-state index contributed by atoms with van der Waals surface area (Å²) in [5.41, 5.74) is 3.41. The van der Waals surface area contributed by atoms with Gasteiger partial charge in [0, 0.05) is 10.4 Å². The largest absolute Gasteiger partial charge is 0.271 e. The van der Waals surface area contributed by atoms with Crippen LogP contribution in [0.25, 0.3) is 0 Å². The summed E-state index contributed by atoms with van der Waals surface area (Å²) in [6, 6.07) is 4.93. The Bertz CT molecular complexity index is 531. The van der Waals surface area contributed by atoms with E-state index in [1.807, 2.05) is 13.0 Å². The summed E-state index contributed by atoms with van der Waals surface area (Å²) >= 11 is 4.79. The smallest absolute Gasteiger partial charge is 0.131 e. The second-order valence-electron chi connectivity index (χ2n) is 3.84. The van der Waals surface area contributed by atoms with Gasteiger partial charge >= 0.3 is 0 Å². The lowest BCUT2D eigenvalue weighted by atomic mass is 10.0. The number of aryl methyl sites for hydroxylation is 1. The molecule has 1 unspecified atom stereocenters. The minimum atomic E-state index is -0.693. The average Bonchev–Trinajstić information content (AvgIpc) is 2.64. The van der Waals surface area contributed by atoms with Crippen LogP contribution in [0.3, 0.4) is 0 Å². The van der Waals surface area contributed by atoms with Gasteiger partial charge in [0.05, 0.1) is 9.83 Å². The minimum absolute atomic E-state index is 0.0613. The molecule has 2 aromatic rings. The summed E-state index contributed by atoms with van der Waals surface area (Å²) in [7, 11) is 0. The van der Waals surface area contributed by atoms with E-state index in [1.54, 1.807) is 0 Å². The maximum Gasteiger partial charge on any atom is 0.131 e. The van der Waals surface area contributed by atoms with Crippen molar-refractivity contribution in [3.05, 3.63) is 55.7 Å². The van der Waals surface area contributed by atoms with Crippen LogP contribution in [0, 0.1) is 18.6 Å². The van der Waals surface area contributed by atoms with E-state index < -0.39 is 17.7 Å². The fourth-order valence-electron chi connectivity index (χ4n) is 1.72. The van der Waals surface area contributed by atoms with Crippen molar-refractivity contribution in [2.45, 2.75) is 13.0 Å². The molecular formula is C12H11BrF2N2S. The van der Waals surface area contributed by atoms with Gasteiger partial charge in [0.2, 0.25) is 0 Å². The molecule has 0 bridgehead atoms. The van der Waals surface area contributed by atoms with Crippen LogP contribution in [0.15, 0.2) is 28.1 Å².